The highest BCUT2D eigenvalue weighted by Gasteiger charge is 2.22. The minimum Gasteiger partial charge on any atom is -0.383 e. The Kier molecular flexibility index (Phi) is 7.94. The minimum atomic E-state index is -1.73. The van der Waals surface area contributed by atoms with Gasteiger partial charge in [-0.05, 0) is 17.5 Å². The van der Waals surface area contributed by atoms with Crippen molar-refractivity contribution >= 4 is 29.2 Å². The topological polar surface area (TPSA) is 116 Å². The fourth-order valence-corrected chi connectivity index (χ4v) is 4.16. The number of nitrogens with one attached hydrogen (secondary N) is 1. The van der Waals surface area contributed by atoms with Crippen LogP contribution in [0.3, 0.4) is 0 Å². The number of thioether (sulfide) groups is 1. The number of carbonyl (C=O) groups is 1. The van der Waals surface area contributed by atoms with Gasteiger partial charge < -0.3 is 11.1 Å². The Bertz CT molecular complexity index is 1350. The number of anilines is 2. The van der Waals surface area contributed by atoms with Crippen LogP contribution in [0.15, 0.2) is 35.4 Å². The van der Waals surface area contributed by atoms with Crippen LogP contribution in [0.1, 0.15) is 30.0 Å². The maximum absolute atomic E-state index is 13.8. The molecule has 1 heterocycles. The molecule has 178 valence electrons. The van der Waals surface area contributed by atoms with Gasteiger partial charge in [-0.15, -0.1) is 11.8 Å². The van der Waals surface area contributed by atoms with Crippen LogP contribution in [0, 0.1) is 45.9 Å². The molecule has 11 heteroatoms. The number of benzene rings is 2. The van der Waals surface area contributed by atoms with Crippen molar-refractivity contribution in [3.8, 4) is 23.3 Å². The molecule has 0 atom stereocenters. The molecule has 1 amide bonds. The van der Waals surface area contributed by atoms with E-state index in [0.717, 1.165) is 23.7 Å². The van der Waals surface area contributed by atoms with E-state index in [0.29, 0.717) is 11.1 Å². The number of nitriles is 2. The van der Waals surface area contributed by atoms with Crippen molar-refractivity contribution in [2.75, 3.05) is 16.8 Å². The van der Waals surface area contributed by atoms with Crippen LogP contribution in [-0.4, -0.2) is 16.6 Å². The number of aryl methyl sites for hydroxylation is 1. The number of nitrogens with two attached hydrogens (primary N) is 1. The Balaban J connectivity index is 1.84. The highest BCUT2D eigenvalue weighted by atomic mass is 32.2. The summed E-state index contributed by atoms with van der Waals surface area (Å²) in [5.74, 6) is -7.79. The molecule has 0 aliphatic rings. The third-order valence-corrected chi connectivity index (χ3v) is 5.99. The second-order valence-corrected chi connectivity index (χ2v) is 8.27. The van der Waals surface area contributed by atoms with E-state index >= 15 is 0 Å². The normalized spacial score (nSPS) is 10.5. The molecule has 3 N–H and O–H groups in total. The fraction of sp³-hybridized carbons (Fsp3) is 0.167. The number of pyridine rings is 1. The first-order valence-corrected chi connectivity index (χ1v) is 11.2. The molecule has 0 saturated heterocycles. The van der Waals surface area contributed by atoms with Gasteiger partial charge in [-0.25, -0.2) is 22.5 Å². The highest BCUT2D eigenvalue weighted by Crippen LogP contribution is 2.36. The molecule has 0 radical (unpaired) electrons. The van der Waals surface area contributed by atoms with Crippen LogP contribution in [-0.2, 0) is 11.2 Å². The lowest BCUT2D eigenvalue weighted by molar-refractivity contribution is -0.115. The van der Waals surface area contributed by atoms with E-state index in [4.69, 9.17) is 5.73 Å². The average molecular weight is 499 g/mol. The predicted octanol–water partition coefficient (Wildman–Crippen LogP) is 5.31. The van der Waals surface area contributed by atoms with Crippen molar-refractivity contribution < 1.29 is 22.4 Å². The second kappa shape index (κ2) is 10.9. The van der Waals surface area contributed by atoms with Gasteiger partial charge in [0.05, 0.1) is 5.56 Å². The van der Waals surface area contributed by atoms with Crippen molar-refractivity contribution in [1.29, 1.82) is 10.5 Å². The van der Waals surface area contributed by atoms with Gasteiger partial charge in [0, 0.05) is 23.8 Å². The van der Waals surface area contributed by atoms with Crippen LogP contribution in [0.2, 0.25) is 0 Å². The van der Waals surface area contributed by atoms with Crippen LogP contribution in [0.25, 0.3) is 11.1 Å². The molecule has 0 aliphatic heterocycles. The van der Waals surface area contributed by atoms with Gasteiger partial charge in [0.2, 0.25) is 5.91 Å². The summed E-state index contributed by atoms with van der Waals surface area (Å²) >= 11 is 0.956. The van der Waals surface area contributed by atoms with E-state index in [9.17, 15) is 32.9 Å². The lowest BCUT2D eigenvalue weighted by Gasteiger charge is -2.13. The zero-order valence-electron chi connectivity index (χ0n) is 18.3. The molecular formula is C24H17F4N5OS. The first kappa shape index (κ1) is 25.5. The van der Waals surface area contributed by atoms with E-state index in [1.165, 1.54) is 0 Å². The number of amides is 1. The van der Waals surface area contributed by atoms with E-state index in [1.807, 2.05) is 36.5 Å². The lowest BCUT2D eigenvalue weighted by Crippen LogP contribution is -2.16. The smallest absolute Gasteiger partial charge is 0.225 e. The number of hydrogen-bond donors (Lipinski definition) is 2. The molecule has 1 aromatic heterocycles. The van der Waals surface area contributed by atoms with Crippen LogP contribution < -0.4 is 11.1 Å². The number of nitrogens with zero attached hydrogens (tertiary/aromatic N) is 3. The molecular weight excluding hydrogens is 482 g/mol. The molecule has 3 rings (SSSR count). The van der Waals surface area contributed by atoms with E-state index in [2.05, 4.69) is 4.98 Å². The third-order valence-electron chi connectivity index (χ3n) is 5.01. The maximum Gasteiger partial charge on any atom is 0.225 e. The Hall–Kier alpha value is -4.09. The highest BCUT2D eigenvalue weighted by molar-refractivity contribution is 7.99. The number of aromatic nitrogens is 1. The third kappa shape index (κ3) is 5.36. The summed E-state index contributed by atoms with van der Waals surface area (Å²) in [6, 6.07) is 11.3. The molecule has 3 aromatic rings. The van der Waals surface area contributed by atoms with Gasteiger partial charge in [0.1, 0.15) is 34.2 Å². The van der Waals surface area contributed by atoms with Gasteiger partial charge >= 0.3 is 0 Å². The second-order valence-electron chi connectivity index (χ2n) is 7.19. The molecule has 6 nitrogen and oxygen atoms in total. The SMILES string of the molecule is CCc1ccc(-c2c(C#N)c(N)nc(SCCC(=O)Nc3c(F)c(F)cc(F)c3F)c2C#N)cc1. The quantitative estimate of drug-likeness (QED) is 0.258. The zero-order chi connectivity index (χ0) is 25.7. The van der Waals surface area contributed by atoms with Crippen molar-refractivity contribution in [3.63, 3.8) is 0 Å². The van der Waals surface area contributed by atoms with Gasteiger partial charge in [-0.1, -0.05) is 31.2 Å². The molecule has 2 aromatic carbocycles. The summed E-state index contributed by atoms with van der Waals surface area (Å²) in [5.41, 5.74) is 6.78. The zero-order valence-corrected chi connectivity index (χ0v) is 19.1. The number of nitrogen functional groups attached to an aromatic ring is 1. The van der Waals surface area contributed by atoms with Gasteiger partial charge in [0.15, 0.2) is 23.3 Å². The van der Waals surface area contributed by atoms with Gasteiger partial charge in [-0.3, -0.25) is 4.79 Å². The van der Waals surface area contributed by atoms with Crippen LogP contribution in [0.4, 0.5) is 29.1 Å². The van der Waals surface area contributed by atoms with Gasteiger partial charge in [-0.2, -0.15) is 10.5 Å². The first-order valence-electron chi connectivity index (χ1n) is 10.2. The summed E-state index contributed by atoms with van der Waals surface area (Å²) in [6.45, 7) is 1.99. The summed E-state index contributed by atoms with van der Waals surface area (Å²) in [4.78, 5) is 16.3. The molecule has 35 heavy (non-hydrogen) atoms. The van der Waals surface area contributed by atoms with Crippen molar-refractivity contribution in [2.45, 2.75) is 24.8 Å². The van der Waals surface area contributed by atoms with E-state index in [1.54, 1.807) is 12.1 Å². The van der Waals surface area contributed by atoms with Crippen molar-refractivity contribution in [2.24, 2.45) is 0 Å². The maximum atomic E-state index is 13.8. The van der Waals surface area contributed by atoms with Crippen molar-refractivity contribution in [3.05, 3.63) is 70.3 Å². The average Bonchev–Trinajstić information content (AvgIpc) is 2.85. The van der Waals surface area contributed by atoms with E-state index in [-0.39, 0.29) is 40.2 Å². The summed E-state index contributed by atoms with van der Waals surface area (Å²) in [6.07, 6.45) is 0.461. The Morgan fingerprint density at radius 1 is 1.06 bits per heavy atom. The Morgan fingerprint density at radius 3 is 2.20 bits per heavy atom. The number of hydrogen-bond acceptors (Lipinski definition) is 6. The van der Waals surface area contributed by atoms with Gasteiger partial charge in [0.25, 0.3) is 0 Å². The summed E-state index contributed by atoms with van der Waals surface area (Å²) < 4.78 is 54.2. The monoisotopic (exact) mass is 499 g/mol. The summed E-state index contributed by atoms with van der Waals surface area (Å²) in [5, 5.41) is 21.4. The standard InChI is InChI=1S/C24H17F4N5OS/c1-2-12-3-5-13(6-4-12)19-14(10-29)23(31)33-24(15(19)11-30)35-8-7-18(34)32-22-20(27)16(25)9-17(26)21(22)28/h3-6,9H,2,7-8H2,1H3,(H2,31,33)(H,32,34). The minimum absolute atomic E-state index is 0.0197. The number of halogens is 4. The molecule has 0 saturated carbocycles. The molecule has 0 spiro atoms. The van der Waals surface area contributed by atoms with Crippen molar-refractivity contribution in [1.82, 2.24) is 4.98 Å². The van der Waals surface area contributed by atoms with Crippen LogP contribution >= 0.6 is 11.8 Å². The molecule has 0 aliphatic carbocycles. The summed E-state index contributed by atoms with van der Waals surface area (Å²) in [7, 11) is 0. The fourth-order valence-electron chi connectivity index (χ4n) is 3.22. The lowest BCUT2D eigenvalue weighted by atomic mass is 9.96. The largest absolute Gasteiger partial charge is 0.383 e. The number of rotatable bonds is 7. The Labute approximate surface area is 202 Å². The predicted molar refractivity (Wildman–Crippen MR) is 123 cm³/mol. The molecule has 0 unspecified atom stereocenters. The molecule has 0 bridgehead atoms. The number of carbonyl (C=O) groups excluding carboxylic acids is 1. The van der Waals surface area contributed by atoms with Crippen LogP contribution in [0.5, 0.6) is 0 Å². The van der Waals surface area contributed by atoms with E-state index < -0.39 is 34.9 Å². The first-order chi connectivity index (χ1) is 16.7. The Morgan fingerprint density at radius 2 is 1.66 bits per heavy atom. The molecule has 0 fully saturated rings.